The topological polar surface area (TPSA) is 43.9 Å². The molecule has 7 aromatic carbocycles. The second-order valence-corrected chi connectivity index (χ2v) is 17.5. The summed E-state index contributed by atoms with van der Waals surface area (Å²) >= 11 is 0. The van der Waals surface area contributed by atoms with Crippen LogP contribution in [-0.2, 0) is 25.5 Å². The van der Waals surface area contributed by atoms with Crippen LogP contribution in [0.25, 0.3) is 82.9 Å². The maximum absolute atomic E-state index is 7.34. The number of pyridine rings is 1. The summed E-state index contributed by atoms with van der Waals surface area (Å²) in [5.41, 5.74) is 12.0. The van der Waals surface area contributed by atoms with E-state index in [-0.39, 0.29) is 25.5 Å². The molecule has 0 aliphatic rings. The zero-order chi connectivity index (χ0) is 44.9. The number of furan rings is 1. The van der Waals surface area contributed by atoms with Crippen LogP contribution in [0.15, 0.2) is 156 Å². The van der Waals surface area contributed by atoms with Gasteiger partial charge in [-0.05, 0) is 96.6 Å². The molecule has 311 valence electrons. The Morgan fingerprint density at radius 1 is 0.677 bits per heavy atom. The monoisotopic (exact) mass is 989 g/mol. The zero-order valence-electron chi connectivity index (χ0n) is 39.2. The van der Waals surface area contributed by atoms with Crippen LogP contribution in [0, 0.1) is 19.0 Å². The Hall–Kier alpha value is -6.13. The second kappa shape index (κ2) is 17.3. The Kier molecular flexibility index (Phi) is 10.8. The van der Waals surface area contributed by atoms with Crippen molar-refractivity contribution in [1.29, 1.82) is 0 Å². The first-order valence-electron chi connectivity index (χ1n) is 22.6. The summed E-state index contributed by atoms with van der Waals surface area (Å²) in [5, 5.41) is 7.04. The van der Waals surface area contributed by atoms with Gasteiger partial charge in [-0.2, -0.15) is 0 Å². The molecule has 0 spiro atoms. The molecule has 10 aromatic rings. The van der Waals surface area contributed by atoms with E-state index >= 15 is 0 Å². The number of fused-ring (bicyclic) bond motifs is 6. The Morgan fingerprint density at radius 2 is 1.42 bits per heavy atom. The van der Waals surface area contributed by atoms with Gasteiger partial charge in [0.15, 0.2) is 0 Å². The first kappa shape index (κ1) is 38.8. The van der Waals surface area contributed by atoms with Gasteiger partial charge in [0.05, 0.1) is 11.4 Å². The SMILES string of the molecule is CC(C)c1cc(-c2ccccc2)cc(C(C)C)c1-n1ccnc1-c1[c-]ccc2c1oc1cc3c(ccc4ccccc43)cc12.[2H]C([2H])([2H])c1c[c-]c(-c2ccc(C(C)(C)C)cn2)cc1.[Ir]. The minimum atomic E-state index is -2.08. The fourth-order valence-electron chi connectivity index (χ4n) is 8.29. The van der Waals surface area contributed by atoms with E-state index in [1.54, 1.807) is 12.1 Å². The van der Waals surface area contributed by atoms with Crippen molar-refractivity contribution in [2.75, 3.05) is 0 Å². The van der Waals surface area contributed by atoms with Crippen molar-refractivity contribution < 1.29 is 28.6 Å². The van der Waals surface area contributed by atoms with E-state index in [0.29, 0.717) is 17.4 Å². The number of hydrogen-bond acceptors (Lipinski definition) is 3. The maximum Gasteiger partial charge on any atom is 0.121 e. The summed E-state index contributed by atoms with van der Waals surface area (Å²) in [5.74, 6) is 1.46. The molecule has 5 heteroatoms. The molecule has 0 atom stereocenters. The number of aromatic nitrogens is 3. The molecular weight excluding hydrogens is 935 g/mol. The van der Waals surface area contributed by atoms with Gasteiger partial charge in [0, 0.05) is 53.9 Å². The van der Waals surface area contributed by atoms with Gasteiger partial charge in [-0.3, -0.25) is 4.98 Å². The van der Waals surface area contributed by atoms with Gasteiger partial charge in [0.25, 0.3) is 0 Å². The van der Waals surface area contributed by atoms with E-state index < -0.39 is 6.85 Å². The van der Waals surface area contributed by atoms with Crippen LogP contribution >= 0.6 is 0 Å². The standard InChI is InChI=1S/C41H33N2O.C16H18N.Ir/c1-25(2)34-22-30(27-11-6-5-7-12-27)23-35(26(3)4)39(34)43-20-19-42-41(43)33-16-10-15-32-37-21-29-18-17-28-13-8-9-14-31(28)36(29)24-38(37)44-40(32)33;1-12-5-7-13(8-6-12)15-10-9-14(11-17-15)16(2,3)4;/h5-15,17-26H,1-4H3;5-7,9-11H,1-4H3;/q2*-1;/i;1D3;. The van der Waals surface area contributed by atoms with Gasteiger partial charge in [0.1, 0.15) is 5.58 Å². The van der Waals surface area contributed by atoms with E-state index in [9.17, 15) is 0 Å². The fraction of sp³-hybridized carbons (Fsp3) is 0.193. The summed E-state index contributed by atoms with van der Waals surface area (Å²) in [6.07, 6.45) is 5.84. The third kappa shape index (κ3) is 8.16. The molecule has 0 aliphatic carbocycles. The minimum absolute atomic E-state index is 0. The van der Waals surface area contributed by atoms with Crippen LogP contribution in [0.1, 0.15) is 86.7 Å². The van der Waals surface area contributed by atoms with Gasteiger partial charge in [-0.15, -0.1) is 53.6 Å². The summed E-state index contributed by atoms with van der Waals surface area (Å²) in [7, 11) is 0. The van der Waals surface area contributed by atoms with Crippen molar-refractivity contribution in [3.8, 4) is 39.5 Å². The largest absolute Gasteiger partial charge is 0.501 e. The summed E-state index contributed by atoms with van der Waals surface area (Å²) in [4.78, 5) is 9.37. The molecule has 0 amide bonds. The fourth-order valence-corrected chi connectivity index (χ4v) is 8.29. The predicted octanol–water partition coefficient (Wildman–Crippen LogP) is 15.6. The molecule has 0 saturated heterocycles. The van der Waals surface area contributed by atoms with Crippen molar-refractivity contribution in [3.05, 3.63) is 186 Å². The van der Waals surface area contributed by atoms with Crippen LogP contribution in [0.5, 0.6) is 0 Å². The Bertz CT molecular complexity index is 3200. The number of nitrogens with zero attached hydrogens (tertiary/aromatic N) is 3. The van der Waals surface area contributed by atoms with Gasteiger partial charge in [-0.1, -0.05) is 145 Å². The molecule has 0 N–H and O–H groups in total. The van der Waals surface area contributed by atoms with Crippen molar-refractivity contribution in [2.24, 2.45) is 0 Å². The molecule has 0 unspecified atom stereocenters. The molecule has 3 aromatic heterocycles. The molecule has 1 radical (unpaired) electrons. The number of hydrogen-bond donors (Lipinski definition) is 0. The summed E-state index contributed by atoms with van der Waals surface area (Å²) in [6.45, 7) is 13.4. The van der Waals surface area contributed by atoms with E-state index in [2.05, 4.69) is 173 Å². The molecule has 0 fully saturated rings. The van der Waals surface area contributed by atoms with Crippen molar-refractivity contribution in [1.82, 2.24) is 14.5 Å². The van der Waals surface area contributed by atoms with Crippen LogP contribution in [0.2, 0.25) is 0 Å². The van der Waals surface area contributed by atoms with Gasteiger partial charge < -0.3 is 14.0 Å². The van der Waals surface area contributed by atoms with Crippen molar-refractivity contribution >= 4 is 43.5 Å². The van der Waals surface area contributed by atoms with Crippen molar-refractivity contribution in [3.63, 3.8) is 0 Å². The molecule has 62 heavy (non-hydrogen) atoms. The van der Waals surface area contributed by atoms with E-state index in [1.807, 2.05) is 30.6 Å². The number of imidazole rings is 1. The van der Waals surface area contributed by atoms with Gasteiger partial charge in [0.2, 0.25) is 0 Å². The Labute approximate surface area is 383 Å². The molecular formula is C57H51IrN3O-2. The zero-order valence-corrected chi connectivity index (χ0v) is 38.6. The van der Waals surface area contributed by atoms with Gasteiger partial charge >= 0.3 is 0 Å². The van der Waals surface area contributed by atoms with Gasteiger partial charge in [-0.25, -0.2) is 0 Å². The molecule has 0 saturated carbocycles. The number of aryl methyl sites for hydroxylation is 1. The van der Waals surface area contributed by atoms with Crippen LogP contribution in [0.3, 0.4) is 0 Å². The molecule has 10 rings (SSSR count). The third-order valence-electron chi connectivity index (χ3n) is 11.6. The van der Waals surface area contributed by atoms with E-state index in [4.69, 9.17) is 13.5 Å². The first-order chi connectivity index (χ1) is 30.7. The van der Waals surface area contributed by atoms with E-state index in [1.165, 1.54) is 61.1 Å². The maximum atomic E-state index is 7.34. The van der Waals surface area contributed by atoms with Crippen LogP contribution < -0.4 is 0 Å². The molecule has 3 heterocycles. The Balaban J connectivity index is 0.000000232. The van der Waals surface area contributed by atoms with E-state index in [0.717, 1.165) is 44.6 Å². The Morgan fingerprint density at radius 3 is 2.10 bits per heavy atom. The number of rotatable bonds is 6. The van der Waals surface area contributed by atoms with Crippen LogP contribution in [0.4, 0.5) is 0 Å². The molecule has 4 nitrogen and oxygen atoms in total. The van der Waals surface area contributed by atoms with Crippen molar-refractivity contribution in [2.45, 2.75) is 72.6 Å². The third-order valence-corrected chi connectivity index (χ3v) is 11.6. The first-order valence-corrected chi connectivity index (χ1v) is 21.1. The predicted molar refractivity (Wildman–Crippen MR) is 256 cm³/mol. The minimum Gasteiger partial charge on any atom is -0.501 e. The average molecular weight is 989 g/mol. The second-order valence-electron chi connectivity index (χ2n) is 17.5. The molecule has 0 aliphatic heterocycles. The number of benzene rings is 7. The quantitative estimate of drug-likeness (QED) is 0.123. The summed E-state index contributed by atoms with van der Waals surface area (Å²) < 4.78 is 31.0. The average Bonchev–Trinajstić information content (AvgIpc) is 3.93. The van der Waals surface area contributed by atoms with Crippen LogP contribution in [-0.4, -0.2) is 14.5 Å². The summed E-state index contributed by atoms with van der Waals surface area (Å²) in [6, 6.07) is 52.3. The molecule has 0 bridgehead atoms. The normalized spacial score (nSPS) is 12.6. The smallest absolute Gasteiger partial charge is 0.121 e.